The molecular formula is C30H34Cl3N3O5S. The quantitative estimate of drug-likeness (QED) is 0.252. The third kappa shape index (κ3) is 8.53. The molecule has 0 aromatic heterocycles. The second-order valence-corrected chi connectivity index (χ2v) is 13.7. The van der Waals surface area contributed by atoms with Crippen LogP contribution < -0.4 is 14.4 Å². The molecule has 0 radical (unpaired) electrons. The number of nitrogens with one attached hydrogen (secondary N) is 1. The molecule has 0 heterocycles. The van der Waals surface area contributed by atoms with E-state index in [2.05, 4.69) is 5.32 Å². The smallest absolute Gasteiger partial charge is 0.264 e. The highest BCUT2D eigenvalue weighted by Gasteiger charge is 2.34. The van der Waals surface area contributed by atoms with Crippen LogP contribution in [0.3, 0.4) is 0 Å². The van der Waals surface area contributed by atoms with Crippen LogP contribution in [-0.2, 0) is 26.2 Å². The van der Waals surface area contributed by atoms with Crippen LogP contribution in [0.4, 0.5) is 5.69 Å². The summed E-state index contributed by atoms with van der Waals surface area (Å²) in [5.41, 5.74) is 0.211. The summed E-state index contributed by atoms with van der Waals surface area (Å²) in [5.74, 6) is -0.751. The molecule has 0 saturated carbocycles. The van der Waals surface area contributed by atoms with E-state index in [9.17, 15) is 18.0 Å². The largest absolute Gasteiger partial charge is 0.492 e. The van der Waals surface area contributed by atoms with E-state index in [-0.39, 0.29) is 34.5 Å². The zero-order valence-corrected chi connectivity index (χ0v) is 27.1. The Hall–Kier alpha value is -2.98. The Morgan fingerprint density at radius 3 is 2.19 bits per heavy atom. The fourth-order valence-electron chi connectivity index (χ4n) is 4.08. The van der Waals surface area contributed by atoms with E-state index in [0.29, 0.717) is 15.6 Å². The molecule has 3 rings (SSSR count). The van der Waals surface area contributed by atoms with Gasteiger partial charge >= 0.3 is 0 Å². The maximum absolute atomic E-state index is 14.1. The van der Waals surface area contributed by atoms with Crippen molar-refractivity contribution in [1.29, 1.82) is 0 Å². The molecule has 3 aromatic carbocycles. The lowest BCUT2D eigenvalue weighted by molar-refractivity contribution is -0.140. The number of ether oxygens (including phenoxy) is 1. The first kappa shape index (κ1) is 33.5. The minimum Gasteiger partial charge on any atom is -0.492 e. The van der Waals surface area contributed by atoms with Crippen molar-refractivity contribution in [3.05, 3.63) is 87.4 Å². The van der Waals surface area contributed by atoms with Gasteiger partial charge in [0.1, 0.15) is 18.3 Å². The maximum Gasteiger partial charge on any atom is 0.264 e. The van der Waals surface area contributed by atoms with E-state index < -0.39 is 40.0 Å². The van der Waals surface area contributed by atoms with Gasteiger partial charge in [-0.3, -0.25) is 13.9 Å². The number of rotatable bonds is 11. The normalized spacial score (nSPS) is 12.4. The number of amides is 2. The topological polar surface area (TPSA) is 96.0 Å². The van der Waals surface area contributed by atoms with Gasteiger partial charge in [0.25, 0.3) is 10.0 Å². The van der Waals surface area contributed by atoms with E-state index in [0.717, 1.165) is 4.31 Å². The van der Waals surface area contributed by atoms with Crippen LogP contribution in [0.5, 0.6) is 5.75 Å². The highest BCUT2D eigenvalue weighted by atomic mass is 35.5. The average molecular weight is 655 g/mol. The van der Waals surface area contributed by atoms with Crippen molar-refractivity contribution < 1.29 is 22.7 Å². The van der Waals surface area contributed by atoms with E-state index in [1.54, 1.807) is 56.3 Å². The Kier molecular flexibility index (Phi) is 11.2. The average Bonchev–Trinajstić information content (AvgIpc) is 2.91. The van der Waals surface area contributed by atoms with E-state index in [1.165, 1.54) is 29.2 Å². The lowest BCUT2D eigenvalue weighted by Crippen LogP contribution is -2.54. The minimum atomic E-state index is -4.29. The molecule has 0 aliphatic heterocycles. The lowest BCUT2D eigenvalue weighted by Gasteiger charge is -2.33. The number of hydrogen-bond donors (Lipinski definition) is 1. The number of hydrogen-bond acceptors (Lipinski definition) is 5. The second kappa shape index (κ2) is 14.0. The molecule has 0 saturated heterocycles. The van der Waals surface area contributed by atoms with Gasteiger partial charge in [0.15, 0.2) is 0 Å². The Morgan fingerprint density at radius 1 is 0.952 bits per heavy atom. The van der Waals surface area contributed by atoms with Crippen LogP contribution in [-0.4, -0.2) is 49.9 Å². The fraction of sp³-hybridized carbons (Fsp3) is 0.333. The molecular weight excluding hydrogens is 621 g/mol. The van der Waals surface area contributed by atoms with Crippen molar-refractivity contribution in [2.45, 2.75) is 57.6 Å². The van der Waals surface area contributed by atoms with Crippen LogP contribution in [0.25, 0.3) is 0 Å². The summed E-state index contributed by atoms with van der Waals surface area (Å²) < 4.78 is 34.8. The maximum atomic E-state index is 14.1. The zero-order valence-electron chi connectivity index (χ0n) is 24.0. The van der Waals surface area contributed by atoms with Gasteiger partial charge in [-0.15, -0.1) is 0 Å². The summed E-state index contributed by atoms with van der Waals surface area (Å²) in [6, 6.07) is 16.1. The van der Waals surface area contributed by atoms with Crippen LogP contribution in [0.2, 0.25) is 15.1 Å². The van der Waals surface area contributed by atoms with Gasteiger partial charge in [0.05, 0.1) is 27.2 Å². The van der Waals surface area contributed by atoms with Crippen molar-refractivity contribution in [2.75, 3.05) is 17.5 Å². The number of carbonyl (C=O) groups excluding carboxylic acids is 2. The first-order valence-corrected chi connectivity index (χ1v) is 15.8. The number of halogens is 3. The third-order valence-electron chi connectivity index (χ3n) is 6.12. The Bertz CT molecular complexity index is 1530. The van der Waals surface area contributed by atoms with E-state index >= 15 is 0 Å². The number of carbonyl (C=O) groups is 2. The van der Waals surface area contributed by atoms with E-state index in [4.69, 9.17) is 39.5 Å². The summed E-state index contributed by atoms with van der Waals surface area (Å²) in [7, 11) is -4.29. The predicted molar refractivity (Wildman–Crippen MR) is 168 cm³/mol. The van der Waals surface area contributed by atoms with Gasteiger partial charge in [-0.2, -0.15) is 0 Å². The van der Waals surface area contributed by atoms with Crippen LogP contribution >= 0.6 is 34.8 Å². The number of anilines is 1. The highest BCUT2D eigenvalue weighted by Crippen LogP contribution is 2.33. The summed E-state index contributed by atoms with van der Waals surface area (Å²) in [6.07, 6.45) is 0. The first-order valence-electron chi connectivity index (χ1n) is 13.2. The van der Waals surface area contributed by atoms with Crippen LogP contribution in [0, 0.1) is 0 Å². The van der Waals surface area contributed by atoms with Gasteiger partial charge in [-0.1, -0.05) is 53.0 Å². The molecule has 0 aliphatic carbocycles. The Labute approximate surface area is 262 Å². The van der Waals surface area contributed by atoms with Crippen molar-refractivity contribution in [3.63, 3.8) is 0 Å². The molecule has 42 heavy (non-hydrogen) atoms. The van der Waals surface area contributed by atoms with Crippen LogP contribution in [0.15, 0.2) is 71.6 Å². The fourth-order valence-corrected chi connectivity index (χ4v) is 5.95. The molecule has 3 aromatic rings. The Balaban J connectivity index is 2.10. The SMILES string of the molecule is CCOc1ccccc1N(CC(=O)N(Cc1ccc(Cl)c(Cl)c1)C(C)C(=O)NC(C)(C)C)S(=O)(=O)c1ccc(Cl)cc1. The molecule has 0 fully saturated rings. The molecule has 1 N–H and O–H groups in total. The number of benzene rings is 3. The molecule has 0 aliphatic rings. The lowest BCUT2D eigenvalue weighted by atomic mass is 10.1. The second-order valence-electron chi connectivity index (χ2n) is 10.6. The molecule has 12 heteroatoms. The number of sulfonamides is 1. The molecule has 8 nitrogen and oxygen atoms in total. The van der Waals surface area contributed by atoms with Crippen molar-refractivity contribution in [1.82, 2.24) is 10.2 Å². The van der Waals surface area contributed by atoms with Gasteiger partial charge in [0.2, 0.25) is 11.8 Å². The molecule has 226 valence electrons. The van der Waals surface area contributed by atoms with Gasteiger partial charge in [0, 0.05) is 17.1 Å². The van der Waals surface area contributed by atoms with Crippen molar-refractivity contribution in [2.24, 2.45) is 0 Å². The van der Waals surface area contributed by atoms with Crippen molar-refractivity contribution >= 4 is 62.3 Å². The van der Waals surface area contributed by atoms with Crippen molar-refractivity contribution in [3.8, 4) is 5.75 Å². The number of para-hydroxylation sites is 2. The molecule has 1 unspecified atom stereocenters. The molecule has 2 amide bonds. The predicted octanol–water partition coefficient (Wildman–Crippen LogP) is 6.57. The third-order valence-corrected chi connectivity index (χ3v) is 8.88. The Morgan fingerprint density at radius 2 is 1.60 bits per heavy atom. The summed E-state index contributed by atoms with van der Waals surface area (Å²) >= 11 is 18.3. The molecule has 0 spiro atoms. The molecule has 1 atom stereocenters. The zero-order chi connectivity index (χ0) is 31.2. The summed E-state index contributed by atoms with van der Waals surface area (Å²) in [4.78, 5) is 28.6. The summed E-state index contributed by atoms with van der Waals surface area (Å²) in [6.45, 7) is 8.46. The van der Waals surface area contributed by atoms with Gasteiger partial charge in [-0.05, 0) is 88.7 Å². The minimum absolute atomic E-state index is 0.0314. The molecule has 0 bridgehead atoms. The summed E-state index contributed by atoms with van der Waals surface area (Å²) in [5, 5.41) is 3.87. The first-order chi connectivity index (χ1) is 19.6. The standard InChI is InChI=1S/C30H34Cl3N3O5S/c1-6-41-27-10-8-7-9-26(27)36(42(39,40)23-14-12-22(31)13-15-23)19-28(37)35(20(2)29(38)34-30(3,4)5)18-21-11-16-24(32)25(33)17-21/h7-17,20H,6,18-19H2,1-5H3,(H,34,38). The van der Waals surface area contributed by atoms with Crippen LogP contribution in [0.1, 0.15) is 40.2 Å². The number of nitrogens with zero attached hydrogens (tertiary/aromatic N) is 2. The van der Waals surface area contributed by atoms with Gasteiger partial charge in [-0.25, -0.2) is 8.42 Å². The monoisotopic (exact) mass is 653 g/mol. The van der Waals surface area contributed by atoms with E-state index in [1.807, 2.05) is 20.8 Å². The highest BCUT2D eigenvalue weighted by molar-refractivity contribution is 7.92. The van der Waals surface area contributed by atoms with Gasteiger partial charge < -0.3 is 15.0 Å².